The molecule has 1 aromatic carbocycles. The van der Waals surface area contributed by atoms with Gasteiger partial charge in [-0.15, -0.1) is 0 Å². The first-order valence-corrected chi connectivity index (χ1v) is 7.59. The molecule has 0 bridgehead atoms. The van der Waals surface area contributed by atoms with Crippen molar-refractivity contribution in [3.63, 3.8) is 0 Å². The summed E-state index contributed by atoms with van der Waals surface area (Å²) < 4.78 is 22.6. The van der Waals surface area contributed by atoms with Gasteiger partial charge < -0.3 is 0 Å². The molecule has 0 aliphatic carbocycles. The molecule has 2 rings (SSSR count). The molecule has 0 amide bonds. The number of aryl methyl sites for hydroxylation is 1. The molecule has 0 N–H and O–H groups in total. The lowest BCUT2D eigenvalue weighted by molar-refractivity contribution is 0.0965. The smallest absolute Gasteiger partial charge is 0.163 e. The Balaban J connectivity index is 2.06. The Kier molecular flexibility index (Phi) is 3.33. The second kappa shape index (κ2) is 4.61. The van der Waals surface area contributed by atoms with Crippen molar-refractivity contribution >= 4 is 15.6 Å². The number of ketones is 1. The molecule has 4 heteroatoms. The molecule has 1 aromatic rings. The maximum atomic E-state index is 12.0. The third-order valence-electron chi connectivity index (χ3n) is 3.25. The summed E-state index contributed by atoms with van der Waals surface area (Å²) in [5, 5.41) is 0. The highest BCUT2D eigenvalue weighted by atomic mass is 32.2. The van der Waals surface area contributed by atoms with Crippen LogP contribution >= 0.6 is 0 Å². The molecule has 1 aliphatic rings. The predicted octanol–water partition coefficient (Wildman–Crippen LogP) is 2.00. The molecule has 1 heterocycles. The van der Waals surface area contributed by atoms with E-state index in [2.05, 4.69) is 0 Å². The second-order valence-corrected chi connectivity index (χ2v) is 6.94. The van der Waals surface area contributed by atoms with Gasteiger partial charge in [-0.1, -0.05) is 24.3 Å². The normalized spacial score (nSPS) is 22.5. The largest absolute Gasteiger partial charge is 0.294 e. The van der Waals surface area contributed by atoms with E-state index in [1.165, 1.54) is 0 Å². The van der Waals surface area contributed by atoms with Gasteiger partial charge in [-0.25, -0.2) is 8.42 Å². The molecule has 92 valence electrons. The number of Topliss-reactive ketones (excluding diaryl/α,β-unsaturated/α-hetero) is 1. The maximum Gasteiger partial charge on any atom is 0.163 e. The molecule has 0 spiro atoms. The van der Waals surface area contributed by atoms with E-state index in [9.17, 15) is 13.2 Å². The van der Waals surface area contributed by atoms with Crippen LogP contribution in [0.3, 0.4) is 0 Å². The van der Waals surface area contributed by atoms with Gasteiger partial charge in [0.25, 0.3) is 0 Å². The Hall–Kier alpha value is -1.16. The zero-order chi connectivity index (χ0) is 12.5. The average Bonchev–Trinajstić information content (AvgIpc) is 2.58. The standard InChI is InChI=1S/C13H16O3S/c1-10-4-2-3-5-12(10)13(14)8-11-6-7-17(15,16)9-11/h2-5,11H,6-9H2,1H3. The summed E-state index contributed by atoms with van der Waals surface area (Å²) in [6.45, 7) is 1.90. The first-order valence-electron chi connectivity index (χ1n) is 5.77. The molecule has 0 aromatic heterocycles. The molecule has 1 saturated heterocycles. The van der Waals surface area contributed by atoms with Crippen molar-refractivity contribution in [1.82, 2.24) is 0 Å². The molecular weight excluding hydrogens is 236 g/mol. The number of carbonyl (C=O) groups excluding carboxylic acids is 1. The second-order valence-electron chi connectivity index (χ2n) is 4.71. The van der Waals surface area contributed by atoms with Crippen molar-refractivity contribution < 1.29 is 13.2 Å². The molecule has 0 radical (unpaired) electrons. The summed E-state index contributed by atoms with van der Waals surface area (Å²) in [7, 11) is -2.89. The van der Waals surface area contributed by atoms with Crippen molar-refractivity contribution in [1.29, 1.82) is 0 Å². The fraction of sp³-hybridized carbons (Fsp3) is 0.462. The van der Waals surface area contributed by atoms with E-state index < -0.39 is 9.84 Å². The molecular formula is C13H16O3S. The summed E-state index contributed by atoms with van der Waals surface area (Å²) in [6, 6.07) is 7.44. The highest BCUT2D eigenvalue weighted by Gasteiger charge is 2.29. The maximum absolute atomic E-state index is 12.0. The number of sulfone groups is 1. The lowest BCUT2D eigenvalue weighted by atomic mass is 9.95. The van der Waals surface area contributed by atoms with E-state index in [4.69, 9.17) is 0 Å². The molecule has 17 heavy (non-hydrogen) atoms. The van der Waals surface area contributed by atoms with Crippen LogP contribution < -0.4 is 0 Å². The number of hydrogen-bond donors (Lipinski definition) is 0. The summed E-state index contributed by atoms with van der Waals surface area (Å²) in [5.41, 5.74) is 1.68. The highest BCUT2D eigenvalue weighted by Crippen LogP contribution is 2.24. The minimum absolute atomic E-state index is 0.00658. The van der Waals surface area contributed by atoms with Gasteiger partial charge in [-0.2, -0.15) is 0 Å². The van der Waals surface area contributed by atoms with Crippen LogP contribution in [0.15, 0.2) is 24.3 Å². The molecule has 1 atom stereocenters. The van der Waals surface area contributed by atoms with Crippen molar-refractivity contribution in [2.24, 2.45) is 5.92 Å². The van der Waals surface area contributed by atoms with Crippen LogP contribution in [0.25, 0.3) is 0 Å². The quantitative estimate of drug-likeness (QED) is 0.773. The van der Waals surface area contributed by atoms with Crippen molar-refractivity contribution in [2.75, 3.05) is 11.5 Å². The Labute approximate surface area is 102 Å². The monoisotopic (exact) mass is 252 g/mol. The fourth-order valence-corrected chi connectivity index (χ4v) is 4.15. The Morgan fingerprint density at radius 3 is 2.65 bits per heavy atom. The molecule has 1 fully saturated rings. The van der Waals surface area contributed by atoms with Gasteiger partial charge in [0.2, 0.25) is 0 Å². The Morgan fingerprint density at radius 2 is 2.06 bits per heavy atom. The van der Waals surface area contributed by atoms with E-state index in [-0.39, 0.29) is 23.2 Å². The van der Waals surface area contributed by atoms with Gasteiger partial charge in [0.05, 0.1) is 11.5 Å². The number of rotatable bonds is 3. The van der Waals surface area contributed by atoms with Gasteiger partial charge in [0.1, 0.15) is 0 Å². The minimum Gasteiger partial charge on any atom is -0.294 e. The Morgan fingerprint density at radius 1 is 1.35 bits per heavy atom. The van der Waals surface area contributed by atoms with Gasteiger partial charge in [0.15, 0.2) is 15.6 Å². The Bertz CT molecular complexity index is 531. The van der Waals surface area contributed by atoms with E-state index in [1.54, 1.807) is 6.07 Å². The van der Waals surface area contributed by atoms with Crippen LogP contribution in [0.5, 0.6) is 0 Å². The van der Waals surface area contributed by atoms with Crippen LogP contribution in [0, 0.1) is 12.8 Å². The van der Waals surface area contributed by atoms with Crippen LogP contribution in [0.1, 0.15) is 28.8 Å². The third kappa shape index (κ3) is 2.94. The SMILES string of the molecule is Cc1ccccc1C(=O)CC1CCS(=O)(=O)C1. The molecule has 0 saturated carbocycles. The number of carbonyl (C=O) groups is 1. The topological polar surface area (TPSA) is 51.2 Å². The van der Waals surface area contributed by atoms with Gasteiger partial charge in [0, 0.05) is 12.0 Å². The lowest BCUT2D eigenvalue weighted by Crippen LogP contribution is -2.11. The van der Waals surface area contributed by atoms with E-state index >= 15 is 0 Å². The summed E-state index contributed by atoms with van der Waals surface area (Å²) in [5.74, 6) is 0.473. The van der Waals surface area contributed by atoms with E-state index in [1.807, 2.05) is 25.1 Å². The fourth-order valence-electron chi connectivity index (χ4n) is 2.29. The van der Waals surface area contributed by atoms with Crippen LogP contribution in [-0.2, 0) is 9.84 Å². The highest BCUT2D eigenvalue weighted by molar-refractivity contribution is 7.91. The first-order chi connectivity index (χ1) is 7.98. The van der Waals surface area contributed by atoms with Gasteiger partial charge >= 0.3 is 0 Å². The summed E-state index contributed by atoms with van der Waals surface area (Å²) >= 11 is 0. The van der Waals surface area contributed by atoms with Crippen LogP contribution in [0.2, 0.25) is 0 Å². The molecule has 3 nitrogen and oxygen atoms in total. The third-order valence-corrected chi connectivity index (χ3v) is 5.08. The average molecular weight is 252 g/mol. The van der Waals surface area contributed by atoms with Crippen molar-refractivity contribution in [2.45, 2.75) is 19.8 Å². The van der Waals surface area contributed by atoms with E-state index in [0.29, 0.717) is 12.8 Å². The minimum atomic E-state index is -2.89. The zero-order valence-corrected chi connectivity index (χ0v) is 10.7. The summed E-state index contributed by atoms with van der Waals surface area (Å²) in [6.07, 6.45) is 0.976. The van der Waals surface area contributed by atoms with E-state index in [0.717, 1.165) is 11.1 Å². The van der Waals surface area contributed by atoms with Crippen molar-refractivity contribution in [3.05, 3.63) is 35.4 Å². The zero-order valence-electron chi connectivity index (χ0n) is 9.85. The van der Waals surface area contributed by atoms with Crippen molar-refractivity contribution in [3.8, 4) is 0 Å². The number of hydrogen-bond acceptors (Lipinski definition) is 3. The molecule has 1 unspecified atom stereocenters. The van der Waals surface area contributed by atoms with Crippen LogP contribution in [-0.4, -0.2) is 25.7 Å². The van der Waals surface area contributed by atoms with Gasteiger partial charge in [-0.05, 0) is 24.8 Å². The van der Waals surface area contributed by atoms with Crippen LogP contribution in [0.4, 0.5) is 0 Å². The predicted molar refractivity (Wildman–Crippen MR) is 66.9 cm³/mol. The first kappa shape index (κ1) is 12.3. The van der Waals surface area contributed by atoms with Gasteiger partial charge in [-0.3, -0.25) is 4.79 Å². The summed E-state index contributed by atoms with van der Waals surface area (Å²) in [4.78, 5) is 12.0. The number of benzene rings is 1. The lowest BCUT2D eigenvalue weighted by Gasteiger charge is -2.08. The molecule has 1 aliphatic heterocycles.